The summed E-state index contributed by atoms with van der Waals surface area (Å²) in [5.41, 5.74) is 0.458. The number of alkyl halides is 1. The van der Waals surface area contributed by atoms with Crippen LogP contribution in [0, 0.1) is 5.82 Å². The van der Waals surface area contributed by atoms with Gasteiger partial charge in [-0.25, -0.2) is 18.4 Å². The largest absolute Gasteiger partial charge is 0.510 e. The van der Waals surface area contributed by atoms with Gasteiger partial charge in [-0.1, -0.05) is 29.8 Å². The highest BCUT2D eigenvalue weighted by atomic mass is 35.5. The summed E-state index contributed by atoms with van der Waals surface area (Å²) in [6.45, 7) is 4.62. The van der Waals surface area contributed by atoms with Crippen LogP contribution < -0.4 is 10.6 Å². The van der Waals surface area contributed by atoms with E-state index in [1.54, 1.807) is 27.7 Å². The Hall–Kier alpha value is -4.57. The van der Waals surface area contributed by atoms with Crippen molar-refractivity contribution < 1.29 is 65.3 Å². The maximum atomic E-state index is 14.7. The molecule has 2 heterocycles. The van der Waals surface area contributed by atoms with Crippen molar-refractivity contribution in [3.05, 3.63) is 64.6 Å². The SMILES string of the molecule is CC(=O)c1cn(CC(=O)N2C[C@H](F)C[C@H]2C(=O)NCc2cccc(Cl)c2F)c2cc(P(=O)(OCOC(=O)OC(C)C)OCOC(=O)OC(C)C)ccc12. The van der Waals surface area contributed by atoms with Crippen LogP contribution in [0.25, 0.3) is 10.9 Å². The maximum Gasteiger partial charge on any atom is 0.510 e. The zero-order chi connectivity index (χ0) is 39.0. The van der Waals surface area contributed by atoms with E-state index >= 15 is 0 Å². The fraction of sp³-hybridized carbons (Fsp3) is 0.441. The molecule has 4 rings (SSSR count). The number of benzene rings is 2. The highest BCUT2D eigenvalue weighted by Crippen LogP contribution is 2.47. The first-order chi connectivity index (χ1) is 25.0. The molecule has 0 radical (unpaired) electrons. The molecule has 1 saturated heterocycles. The van der Waals surface area contributed by atoms with Crippen molar-refractivity contribution in [3.8, 4) is 0 Å². The number of likely N-dealkylation sites (tertiary alicyclic amines) is 1. The number of hydrogen-bond acceptors (Lipinski definition) is 12. The van der Waals surface area contributed by atoms with Crippen molar-refractivity contribution in [2.45, 2.75) is 78.6 Å². The number of nitrogens with one attached hydrogen (secondary N) is 1. The monoisotopic (exact) mass is 785 g/mol. The number of rotatable bonds is 15. The maximum absolute atomic E-state index is 14.7. The van der Waals surface area contributed by atoms with E-state index in [2.05, 4.69) is 5.32 Å². The second kappa shape index (κ2) is 18.0. The topological polar surface area (TPSA) is 178 Å². The summed E-state index contributed by atoms with van der Waals surface area (Å²) in [5.74, 6) is -2.51. The lowest BCUT2D eigenvalue weighted by Crippen LogP contribution is -2.46. The van der Waals surface area contributed by atoms with Gasteiger partial charge in [0.25, 0.3) is 0 Å². The van der Waals surface area contributed by atoms with Crippen molar-refractivity contribution in [2.24, 2.45) is 0 Å². The lowest BCUT2D eigenvalue weighted by atomic mass is 10.1. The molecule has 3 aromatic rings. The highest BCUT2D eigenvalue weighted by Gasteiger charge is 2.40. The molecule has 0 unspecified atom stereocenters. The molecule has 0 bridgehead atoms. The van der Waals surface area contributed by atoms with Gasteiger partial charge in [-0.15, -0.1) is 0 Å². The molecule has 288 valence electrons. The molecule has 53 heavy (non-hydrogen) atoms. The number of hydrogen-bond donors (Lipinski definition) is 1. The number of nitrogens with zero attached hydrogens (tertiary/aromatic N) is 2. The Kier molecular flexibility index (Phi) is 14.0. The first-order valence-electron chi connectivity index (χ1n) is 16.3. The van der Waals surface area contributed by atoms with Crippen LogP contribution >= 0.6 is 19.2 Å². The molecule has 1 aliphatic heterocycles. The number of ketones is 1. The summed E-state index contributed by atoms with van der Waals surface area (Å²) in [6.07, 6.45) is -3.77. The number of halogens is 3. The predicted molar refractivity (Wildman–Crippen MR) is 185 cm³/mol. The third kappa shape index (κ3) is 10.7. The van der Waals surface area contributed by atoms with E-state index in [0.717, 1.165) is 4.90 Å². The number of amides is 2. The molecule has 0 spiro atoms. The molecular weight excluding hydrogens is 747 g/mol. The smallest absolute Gasteiger partial charge is 0.432 e. The molecule has 2 aromatic carbocycles. The van der Waals surface area contributed by atoms with Crippen LogP contribution in [0.1, 0.15) is 57.0 Å². The van der Waals surface area contributed by atoms with E-state index < -0.39 is 88.6 Å². The van der Waals surface area contributed by atoms with E-state index in [-0.39, 0.29) is 45.7 Å². The molecule has 19 heteroatoms. The number of carbonyl (C=O) groups excluding carboxylic acids is 5. The fourth-order valence-corrected chi connectivity index (χ4v) is 6.81. The number of Topliss-reactive ketones (excluding diaryl/α,β-unsaturated/α-hetero) is 1. The first kappa shape index (κ1) is 41.2. The second-order valence-corrected chi connectivity index (χ2v) is 14.8. The number of fused-ring (bicyclic) bond motifs is 1. The average Bonchev–Trinajstić information content (AvgIpc) is 3.65. The molecule has 1 aliphatic rings. The van der Waals surface area contributed by atoms with Crippen LogP contribution in [0.3, 0.4) is 0 Å². The molecule has 15 nitrogen and oxygen atoms in total. The van der Waals surface area contributed by atoms with Gasteiger partial charge in [-0.3, -0.25) is 28.0 Å². The Morgan fingerprint density at radius 3 is 2.19 bits per heavy atom. The van der Waals surface area contributed by atoms with Gasteiger partial charge in [-0.05, 0) is 52.8 Å². The summed E-state index contributed by atoms with van der Waals surface area (Å²) in [4.78, 5) is 64.3. The van der Waals surface area contributed by atoms with Crippen LogP contribution in [0.15, 0.2) is 42.6 Å². The third-order valence-electron chi connectivity index (χ3n) is 7.69. The van der Waals surface area contributed by atoms with Gasteiger partial charge in [0.05, 0.1) is 34.6 Å². The second-order valence-electron chi connectivity index (χ2n) is 12.4. The minimum absolute atomic E-state index is 0.0965. The van der Waals surface area contributed by atoms with Crippen molar-refractivity contribution in [3.63, 3.8) is 0 Å². The molecule has 2 atom stereocenters. The lowest BCUT2D eigenvalue weighted by molar-refractivity contribution is -0.139. The number of carbonyl (C=O) groups is 5. The van der Waals surface area contributed by atoms with Crippen molar-refractivity contribution >= 4 is 65.3 Å². The van der Waals surface area contributed by atoms with Gasteiger partial charge in [0.1, 0.15) is 24.6 Å². The highest BCUT2D eigenvalue weighted by molar-refractivity contribution is 7.62. The molecule has 1 fully saturated rings. The summed E-state index contributed by atoms with van der Waals surface area (Å²) in [7, 11) is -4.51. The van der Waals surface area contributed by atoms with Crippen molar-refractivity contribution in [1.29, 1.82) is 0 Å². The van der Waals surface area contributed by atoms with Gasteiger partial charge in [0.15, 0.2) is 5.78 Å². The van der Waals surface area contributed by atoms with Gasteiger partial charge >= 0.3 is 19.9 Å². The summed E-state index contributed by atoms with van der Waals surface area (Å²) >= 11 is 5.82. The minimum atomic E-state index is -4.51. The van der Waals surface area contributed by atoms with Crippen LogP contribution in [0.5, 0.6) is 0 Å². The summed E-state index contributed by atoms with van der Waals surface area (Å²) in [6, 6.07) is 7.06. The van der Waals surface area contributed by atoms with Gasteiger partial charge in [0, 0.05) is 35.7 Å². The molecule has 1 N–H and O–H groups in total. The predicted octanol–water partition coefficient (Wildman–Crippen LogP) is 5.78. The van der Waals surface area contributed by atoms with E-state index in [1.807, 2.05) is 0 Å². The normalized spacial score (nSPS) is 15.8. The van der Waals surface area contributed by atoms with Gasteiger partial charge in [-0.2, -0.15) is 0 Å². The standard InChI is InChI=1S/C34H39ClF2N3O12P/c1-19(2)51-33(44)47-17-49-53(46,50-18-48-34(45)52-20(3)4)24-9-10-25-26(21(5)41)15-39(28(25)12-24)16-30(42)40-14-23(36)11-29(40)32(43)38-13-22-7-6-8-27(35)31(22)37/h6-10,12,15,19-20,23,29H,11,13-14,16-18H2,1-5H3,(H,38,43)/t23-,29+/m1/s1. The van der Waals surface area contributed by atoms with E-state index in [0.29, 0.717) is 5.39 Å². The Morgan fingerprint density at radius 1 is 0.981 bits per heavy atom. The van der Waals surface area contributed by atoms with Crippen LogP contribution in [-0.4, -0.2) is 83.9 Å². The van der Waals surface area contributed by atoms with Crippen LogP contribution in [0.4, 0.5) is 18.4 Å². The number of ether oxygens (including phenoxy) is 4. The van der Waals surface area contributed by atoms with E-state index in [1.165, 1.54) is 54.1 Å². The minimum Gasteiger partial charge on any atom is -0.432 e. The fourth-order valence-electron chi connectivity index (χ4n) is 5.32. The Bertz CT molecular complexity index is 1870. The van der Waals surface area contributed by atoms with Crippen LogP contribution in [0.2, 0.25) is 5.02 Å². The molecule has 0 aliphatic carbocycles. The van der Waals surface area contributed by atoms with Crippen molar-refractivity contribution in [2.75, 3.05) is 20.1 Å². The molecular formula is C34H39ClF2N3O12P. The van der Waals surface area contributed by atoms with E-state index in [9.17, 15) is 37.3 Å². The molecule has 2 amide bonds. The molecule has 0 saturated carbocycles. The zero-order valence-electron chi connectivity index (χ0n) is 29.5. The average molecular weight is 786 g/mol. The Morgan fingerprint density at radius 2 is 1.60 bits per heavy atom. The molecule has 1 aromatic heterocycles. The number of aromatic nitrogens is 1. The Labute approximate surface area is 308 Å². The van der Waals surface area contributed by atoms with E-state index in [4.69, 9.17) is 39.6 Å². The van der Waals surface area contributed by atoms with Gasteiger partial charge in [0.2, 0.25) is 25.4 Å². The van der Waals surface area contributed by atoms with Crippen molar-refractivity contribution in [1.82, 2.24) is 14.8 Å². The summed E-state index contributed by atoms with van der Waals surface area (Å²) in [5, 5.41) is 2.56. The lowest BCUT2D eigenvalue weighted by Gasteiger charge is -2.24. The quantitative estimate of drug-likeness (QED) is 0.0852. The van der Waals surface area contributed by atoms with Gasteiger partial charge < -0.3 is 33.7 Å². The van der Waals surface area contributed by atoms with Crippen LogP contribution in [-0.2, 0) is 55.2 Å². The Balaban J connectivity index is 1.60. The first-order valence-corrected chi connectivity index (χ1v) is 18.3. The third-order valence-corrected chi connectivity index (χ3v) is 9.78. The zero-order valence-corrected chi connectivity index (χ0v) is 31.1. The summed E-state index contributed by atoms with van der Waals surface area (Å²) < 4.78 is 74.7.